The molecule has 0 aromatic heterocycles. The molecule has 8 heteroatoms. The Bertz CT molecular complexity index is 830. The lowest BCUT2D eigenvalue weighted by Crippen LogP contribution is -2.25. The molecular formula is C18H17N2O6-. The Hall–Kier alpha value is -3.55. The van der Waals surface area contributed by atoms with Crippen molar-refractivity contribution in [2.75, 3.05) is 21.3 Å². The van der Waals surface area contributed by atoms with E-state index in [1.807, 2.05) is 0 Å². The number of nitrogens with zero attached hydrogens (tertiary/aromatic N) is 1. The summed E-state index contributed by atoms with van der Waals surface area (Å²) in [5.74, 6) is -1.04. The summed E-state index contributed by atoms with van der Waals surface area (Å²) in [6.45, 7) is 0. The van der Waals surface area contributed by atoms with Crippen molar-refractivity contribution in [1.82, 2.24) is 5.43 Å². The molecule has 2 aromatic rings. The van der Waals surface area contributed by atoms with Crippen molar-refractivity contribution in [1.29, 1.82) is 0 Å². The van der Waals surface area contributed by atoms with Crippen LogP contribution < -0.4 is 24.7 Å². The molecule has 0 aliphatic heterocycles. The predicted molar refractivity (Wildman–Crippen MR) is 91.9 cm³/mol. The van der Waals surface area contributed by atoms with E-state index >= 15 is 0 Å². The highest BCUT2D eigenvalue weighted by Gasteiger charge is 2.15. The van der Waals surface area contributed by atoms with Gasteiger partial charge in [-0.2, -0.15) is 5.10 Å². The third kappa shape index (κ3) is 4.10. The first-order valence-corrected chi connectivity index (χ1v) is 7.45. The van der Waals surface area contributed by atoms with Crippen molar-refractivity contribution >= 4 is 18.1 Å². The Morgan fingerprint density at radius 3 is 2.23 bits per heavy atom. The molecule has 0 saturated heterocycles. The largest absolute Gasteiger partial charge is 0.545 e. The van der Waals surface area contributed by atoms with Crippen molar-refractivity contribution in [2.24, 2.45) is 5.10 Å². The number of methoxy groups -OCH3 is 3. The molecule has 0 radical (unpaired) electrons. The number of hydrazone groups is 1. The summed E-state index contributed by atoms with van der Waals surface area (Å²) in [6.07, 6.45) is 1.19. The summed E-state index contributed by atoms with van der Waals surface area (Å²) < 4.78 is 15.2. The maximum Gasteiger partial charge on any atom is 0.271 e. The number of hydrogen-bond donors (Lipinski definition) is 1. The molecule has 0 aliphatic rings. The molecule has 0 bridgehead atoms. The van der Waals surface area contributed by atoms with Crippen molar-refractivity contribution in [3.8, 4) is 17.2 Å². The zero-order valence-electron chi connectivity index (χ0n) is 14.4. The lowest BCUT2D eigenvalue weighted by molar-refractivity contribution is -0.255. The second-order valence-electron chi connectivity index (χ2n) is 4.98. The molecule has 8 nitrogen and oxygen atoms in total. The fraction of sp³-hybridized carbons (Fsp3) is 0.167. The van der Waals surface area contributed by atoms with Crippen LogP contribution in [-0.2, 0) is 0 Å². The Morgan fingerprint density at radius 2 is 1.69 bits per heavy atom. The van der Waals surface area contributed by atoms with Crippen molar-refractivity contribution in [3.05, 3.63) is 53.1 Å². The Balaban J connectivity index is 2.21. The van der Waals surface area contributed by atoms with E-state index in [0.717, 1.165) is 0 Å². The highest BCUT2D eigenvalue weighted by Crippen LogP contribution is 2.32. The van der Waals surface area contributed by atoms with Gasteiger partial charge in [0, 0.05) is 11.1 Å². The first kappa shape index (κ1) is 18.8. The molecule has 0 aliphatic carbocycles. The van der Waals surface area contributed by atoms with Gasteiger partial charge in [0.2, 0.25) is 0 Å². The first-order valence-electron chi connectivity index (χ1n) is 7.45. The molecule has 0 fully saturated rings. The number of rotatable bonds is 7. The van der Waals surface area contributed by atoms with Crippen LogP contribution in [0.25, 0.3) is 0 Å². The van der Waals surface area contributed by atoms with Crippen LogP contribution in [0.15, 0.2) is 41.5 Å². The minimum absolute atomic E-state index is 0.0120. The maximum atomic E-state index is 12.0. The highest BCUT2D eigenvalue weighted by atomic mass is 16.5. The van der Waals surface area contributed by atoms with Crippen LogP contribution >= 0.6 is 0 Å². The molecule has 136 valence electrons. The Labute approximate surface area is 150 Å². The van der Waals surface area contributed by atoms with E-state index in [0.29, 0.717) is 11.3 Å². The number of nitrogens with one attached hydrogen (secondary N) is 1. The number of ether oxygens (including phenoxy) is 3. The van der Waals surface area contributed by atoms with Crippen LogP contribution in [0.1, 0.15) is 26.3 Å². The minimum Gasteiger partial charge on any atom is -0.545 e. The van der Waals surface area contributed by atoms with Crippen LogP contribution in [0.2, 0.25) is 0 Å². The highest BCUT2D eigenvalue weighted by molar-refractivity contribution is 6.01. The van der Waals surface area contributed by atoms with E-state index in [9.17, 15) is 14.7 Å². The van der Waals surface area contributed by atoms with Gasteiger partial charge in [-0.05, 0) is 36.4 Å². The average molecular weight is 357 g/mol. The third-order valence-electron chi connectivity index (χ3n) is 3.50. The van der Waals surface area contributed by atoms with Gasteiger partial charge in [-0.3, -0.25) is 4.79 Å². The van der Waals surface area contributed by atoms with Crippen LogP contribution in [0, 0.1) is 0 Å². The van der Waals surface area contributed by atoms with Crippen LogP contribution in [0.3, 0.4) is 0 Å². The zero-order chi connectivity index (χ0) is 19.1. The number of amides is 1. The van der Waals surface area contributed by atoms with Gasteiger partial charge in [-0.25, -0.2) is 5.43 Å². The zero-order valence-corrected chi connectivity index (χ0v) is 14.4. The van der Waals surface area contributed by atoms with Gasteiger partial charge < -0.3 is 24.1 Å². The van der Waals surface area contributed by atoms with Gasteiger partial charge in [0.05, 0.1) is 39.1 Å². The molecule has 0 saturated carbocycles. The van der Waals surface area contributed by atoms with E-state index in [1.165, 1.54) is 39.7 Å². The predicted octanol–water partition coefficient (Wildman–Crippen LogP) is 0.840. The van der Waals surface area contributed by atoms with E-state index in [2.05, 4.69) is 10.5 Å². The molecule has 1 amide bonds. The van der Waals surface area contributed by atoms with Crippen molar-refractivity contribution < 1.29 is 28.9 Å². The van der Waals surface area contributed by atoms with Gasteiger partial charge in [-0.15, -0.1) is 0 Å². The lowest BCUT2D eigenvalue weighted by atomic mass is 10.1. The van der Waals surface area contributed by atoms with Crippen LogP contribution in [0.5, 0.6) is 17.2 Å². The molecule has 0 spiro atoms. The van der Waals surface area contributed by atoms with Crippen LogP contribution in [0.4, 0.5) is 0 Å². The number of hydrogen-bond acceptors (Lipinski definition) is 7. The van der Waals surface area contributed by atoms with Crippen molar-refractivity contribution in [2.45, 2.75) is 0 Å². The molecular weight excluding hydrogens is 340 g/mol. The summed E-state index contributed by atoms with van der Waals surface area (Å²) in [5.41, 5.74) is 2.66. The first-order chi connectivity index (χ1) is 12.5. The second-order valence-corrected chi connectivity index (χ2v) is 4.98. The fourth-order valence-electron chi connectivity index (χ4n) is 2.23. The minimum atomic E-state index is -1.45. The van der Waals surface area contributed by atoms with E-state index in [-0.39, 0.29) is 22.6 Å². The third-order valence-corrected chi connectivity index (χ3v) is 3.50. The number of carbonyl (C=O) groups is 2. The van der Waals surface area contributed by atoms with E-state index < -0.39 is 11.9 Å². The maximum absolute atomic E-state index is 12.0. The topological polar surface area (TPSA) is 109 Å². The van der Waals surface area contributed by atoms with Crippen LogP contribution in [-0.4, -0.2) is 39.4 Å². The van der Waals surface area contributed by atoms with Gasteiger partial charge in [-0.1, -0.05) is 0 Å². The molecule has 0 atom stereocenters. The summed E-state index contributed by atoms with van der Waals surface area (Å²) in [5, 5.41) is 15.2. The Kier molecular flexibility index (Phi) is 6.15. The van der Waals surface area contributed by atoms with Gasteiger partial charge >= 0.3 is 0 Å². The molecule has 0 unspecified atom stereocenters. The summed E-state index contributed by atoms with van der Waals surface area (Å²) in [4.78, 5) is 23.5. The smallest absolute Gasteiger partial charge is 0.271 e. The second kappa shape index (κ2) is 8.52. The number of carboxylic acids is 1. The quantitative estimate of drug-likeness (QED) is 0.581. The molecule has 2 rings (SSSR count). The summed E-state index contributed by atoms with van der Waals surface area (Å²) in [7, 11) is 4.23. The van der Waals surface area contributed by atoms with E-state index in [1.54, 1.807) is 24.3 Å². The SMILES string of the molecule is COc1ccc(C(=O)N/N=C\c2ccc(OC)c(OC)c2C(=O)[O-])cc1. The number of carbonyl (C=O) groups excluding carboxylic acids is 2. The van der Waals surface area contributed by atoms with Crippen molar-refractivity contribution in [3.63, 3.8) is 0 Å². The monoisotopic (exact) mass is 357 g/mol. The van der Waals surface area contributed by atoms with E-state index in [4.69, 9.17) is 14.2 Å². The average Bonchev–Trinajstić information content (AvgIpc) is 2.67. The molecule has 2 aromatic carbocycles. The number of carboxylic acid groups (broad SMARTS) is 1. The summed E-state index contributed by atoms with van der Waals surface area (Å²) >= 11 is 0. The molecule has 26 heavy (non-hydrogen) atoms. The fourth-order valence-corrected chi connectivity index (χ4v) is 2.23. The molecule has 1 N–H and O–H groups in total. The summed E-state index contributed by atoms with van der Waals surface area (Å²) in [6, 6.07) is 9.43. The van der Waals surface area contributed by atoms with Gasteiger partial charge in [0.25, 0.3) is 5.91 Å². The number of aromatic carboxylic acids is 1. The number of benzene rings is 2. The lowest BCUT2D eigenvalue weighted by Gasteiger charge is -2.15. The van der Waals surface area contributed by atoms with Gasteiger partial charge in [0.1, 0.15) is 5.75 Å². The normalized spacial score (nSPS) is 10.4. The molecule has 0 heterocycles. The standard InChI is InChI=1S/C18H18N2O6/c1-24-13-7-4-11(5-8-13)17(21)20-19-10-12-6-9-14(25-2)16(26-3)15(12)18(22)23/h4-10H,1-3H3,(H,20,21)(H,22,23)/p-1/b19-10-. The Morgan fingerprint density at radius 1 is 1.00 bits per heavy atom. The van der Waals surface area contributed by atoms with Gasteiger partial charge in [0.15, 0.2) is 11.5 Å².